The first kappa shape index (κ1) is 30.8. The Bertz CT molecular complexity index is 961. The summed E-state index contributed by atoms with van der Waals surface area (Å²) < 4.78 is 5.24. The highest BCUT2D eigenvalue weighted by Gasteiger charge is 2.36. The summed E-state index contributed by atoms with van der Waals surface area (Å²) in [5, 5.41) is 7.89. The summed E-state index contributed by atoms with van der Waals surface area (Å²) in [6.07, 6.45) is 2.23. The van der Waals surface area contributed by atoms with Crippen molar-refractivity contribution in [3.05, 3.63) is 35.9 Å². The van der Waals surface area contributed by atoms with Gasteiger partial charge in [-0.15, -0.1) is 0 Å². The van der Waals surface area contributed by atoms with Crippen LogP contribution in [0, 0.1) is 5.92 Å². The van der Waals surface area contributed by atoms with Gasteiger partial charge in [-0.1, -0.05) is 57.5 Å². The maximum atomic E-state index is 13.2. The molecule has 1 aliphatic rings. The fourth-order valence-electron chi connectivity index (χ4n) is 4.11. The Labute approximate surface area is 225 Å². The average molecular weight is 531 g/mol. The minimum Gasteiger partial charge on any atom is -0.445 e. The van der Waals surface area contributed by atoms with Crippen LogP contribution in [0.4, 0.5) is 4.79 Å². The molecule has 210 valence electrons. The second-order valence-corrected chi connectivity index (χ2v) is 10.4. The van der Waals surface area contributed by atoms with E-state index in [1.54, 1.807) is 13.8 Å². The molecule has 10 nitrogen and oxygen atoms in total. The zero-order valence-corrected chi connectivity index (χ0v) is 23.1. The number of nitrogens with zero attached hydrogens (tertiary/aromatic N) is 1. The van der Waals surface area contributed by atoms with E-state index in [4.69, 9.17) is 4.74 Å². The van der Waals surface area contributed by atoms with Crippen molar-refractivity contribution in [1.82, 2.24) is 20.9 Å². The highest BCUT2D eigenvalue weighted by Crippen LogP contribution is 2.20. The second kappa shape index (κ2) is 15.1. The Hall–Kier alpha value is -3.43. The van der Waals surface area contributed by atoms with Crippen molar-refractivity contribution in [2.24, 2.45) is 5.92 Å². The minimum absolute atomic E-state index is 0.0287. The molecule has 0 bridgehead atoms. The summed E-state index contributed by atoms with van der Waals surface area (Å²) in [7, 11) is 0. The molecule has 2 rings (SSSR count). The number of rotatable bonds is 15. The molecule has 0 aliphatic heterocycles. The van der Waals surface area contributed by atoms with Crippen LogP contribution >= 0.6 is 0 Å². The first-order chi connectivity index (χ1) is 18.0. The first-order valence-corrected chi connectivity index (χ1v) is 13.4. The fourth-order valence-corrected chi connectivity index (χ4v) is 4.11. The number of amides is 4. The van der Waals surface area contributed by atoms with Gasteiger partial charge in [-0.25, -0.2) is 4.79 Å². The summed E-state index contributed by atoms with van der Waals surface area (Å²) in [6.45, 7) is 8.92. The van der Waals surface area contributed by atoms with Crippen LogP contribution in [0.5, 0.6) is 0 Å². The Balaban J connectivity index is 2.01. The quantitative estimate of drug-likeness (QED) is 0.299. The fraction of sp³-hybridized carbons (Fsp3) is 0.607. The van der Waals surface area contributed by atoms with Crippen molar-refractivity contribution in [3.8, 4) is 0 Å². The summed E-state index contributed by atoms with van der Waals surface area (Å²) in [6, 6.07) is 7.01. The predicted molar refractivity (Wildman–Crippen MR) is 143 cm³/mol. The smallest absolute Gasteiger partial charge is 0.408 e. The monoisotopic (exact) mass is 530 g/mol. The van der Waals surface area contributed by atoms with E-state index in [0.29, 0.717) is 19.3 Å². The van der Waals surface area contributed by atoms with Gasteiger partial charge in [-0.3, -0.25) is 19.2 Å². The molecule has 0 spiro atoms. The standard InChI is InChI=1S/C28H42N4O6/c1-6-10-23(25(34)27(36)30-21-13-14-21)32(19(4)5)24(33)16-29-26(35)22(15-18(2)3)31-28(37)38-17-20-11-8-7-9-12-20/h7-9,11-12,18-19,21-23H,6,10,13-17H2,1-5H3,(H,29,35)(H,30,36)(H,31,37). The zero-order valence-electron chi connectivity index (χ0n) is 23.1. The molecule has 0 saturated heterocycles. The molecule has 1 saturated carbocycles. The molecule has 0 aromatic heterocycles. The number of ketones is 1. The third-order valence-corrected chi connectivity index (χ3v) is 6.12. The molecule has 1 aliphatic carbocycles. The number of hydrogen-bond donors (Lipinski definition) is 3. The molecular weight excluding hydrogens is 488 g/mol. The van der Waals surface area contributed by atoms with Crippen LogP contribution in [0.2, 0.25) is 0 Å². The summed E-state index contributed by atoms with van der Waals surface area (Å²) in [4.78, 5) is 65.3. The number of carbonyl (C=O) groups excluding carboxylic acids is 5. The lowest BCUT2D eigenvalue weighted by Crippen LogP contribution is -2.56. The van der Waals surface area contributed by atoms with Gasteiger partial charge in [0.2, 0.25) is 17.6 Å². The van der Waals surface area contributed by atoms with E-state index in [-0.39, 0.29) is 31.2 Å². The van der Waals surface area contributed by atoms with Gasteiger partial charge in [0.05, 0.1) is 6.54 Å². The van der Waals surface area contributed by atoms with Crippen LogP contribution in [0.1, 0.15) is 72.3 Å². The molecule has 2 unspecified atom stereocenters. The molecule has 3 N–H and O–H groups in total. The Kier molecular flexibility index (Phi) is 12.2. The van der Waals surface area contributed by atoms with Gasteiger partial charge in [0.1, 0.15) is 18.7 Å². The van der Waals surface area contributed by atoms with Gasteiger partial charge in [-0.2, -0.15) is 0 Å². The molecule has 0 heterocycles. The van der Waals surface area contributed by atoms with Gasteiger partial charge in [0, 0.05) is 12.1 Å². The molecular formula is C28H42N4O6. The normalized spacial score (nSPS) is 14.4. The Morgan fingerprint density at radius 2 is 1.68 bits per heavy atom. The second-order valence-electron chi connectivity index (χ2n) is 10.4. The van der Waals surface area contributed by atoms with Gasteiger partial charge in [0.15, 0.2) is 0 Å². The summed E-state index contributed by atoms with van der Waals surface area (Å²) >= 11 is 0. The topological polar surface area (TPSA) is 134 Å². The number of Topliss-reactive ketones (excluding diaryl/α,β-unsaturated/α-hetero) is 1. The third-order valence-electron chi connectivity index (χ3n) is 6.12. The average Bonchev–Trinajstić information content (AvgIpc) is 3.69. The first-order valence-electron chi connectivity index (χ1n) is 13.4. The van der Waals surface area contributed by atoms with Crippen molar-refractivity contribution in [2.45, 2.75) is 97.5 Å². The summed E-state index contributed by atoms with van der Waals surface area (Å²) in [5.41, 5.74) is 0.814. The van der Waals surface area contributed by atoms with E-state index in [1.807, 2.05) is 51.1 Å². The van der Waals surface area contributed by atoms with Crippen LogP contribution in [0.25, 0.3) is 0 Å². The van der Waals surface area contributed by atoms with Crippen LogP contribution < -0.4 is 16.0 Å². The van der Waals surface area contributed by atoms with Crippen molar-refractivity contribution in [1.29, 1.82) is 0 Å². The lowest BCUT2D eigenvalue weighted by atomic mass is 10.0. The molecule has 10 heteroatoms. The molecule has 4 amide bonds. The number of carbonyl (C=O) groups is 5. The number of ether oxygens (including phenoxy) is 1. The molecule has 2 atom stereocenters. The third kappa shape index (κ3) is 10.1. The van der Waals surface area contributed by atoms with E-state index in [2.05, 4.69) is 16.0 Å². The van der Waals surface area contributed by atoms with Crippen LogP contribution in [0.3, 0.4) is 0 Å². The molecule has 1 aromatic rings. The van der Waals surface area contributed by atoms with Gasteiger partial charge in [0.25, 0.3) is 5.91 Å². The molecule has 1 fully saturated rings. The van der Waals surface area contributed by atoms with Crippen LogP contribution in [-0.2, 0) is 30.5 Å². The largest absolute Gasteiger partial charge is 0.445 e. The van der Waals surface area contributed by atoms with Crippen LogP contribution in [-0.4, -0.2) is 65.2 Å². The highest BCUT2D eigenvalue weighted by atomic mass is 16.5. The summed E-state index contributed by atoms with van der Waals surface area (Å²) in [5.74, 6) is -2.25. The number of nitrogens with one attached hydrogen (secondary N) is 3. The number of hydrogen-bond acceptors (Lipinski definition) is 6. The van der Waals surface area contributed by atoms with E-state index in [0.717, 1.165) is 18.4 Å². The van der Waals surface area contributed by atoms with Crippen molar-refractivity contribution in [2.75, 3.05) is 6.54 Å². The molecule has 0 radical (unpaired) electrons. The van der Waals surface area contributed by atoms with Crippen molar-refractivity contribution >= 4 is 29.6 Å². The van der Waals surface area contributed by atoms with E-state index < -0.39 is 41.7 Å². The number of benzene rings is 1. The SMILES string of the molecule is CCCC(C(=O)C(=O)NC1CC1)N(C(=O)CNC(=O)C(CC(C)C)NC(=O)OCc1ccccc1)C(C)C. The lowest BCUT2D eigenvalue weighted by Gasteiger charge is -2.34. The van der Waals surface area contributed by atoms with Gasteiger partial charge < -0.3 is 25.6 Å². The van der Waals surface area contributed by atoms with Crippen molar-refractivity contribution in [3.63, 3.8) is 0 Å². The van der Waals surface area contributed by atoms with Gasteiger partial charge >= 0.3 is 6.09 Å². The minimum atomic E-state index is -0.916. The maximum Gasteiger partial charge on any atom is 0.408 e. The number of alkyl carbamates (subject to hydrolysis) is 1. The highest BCUT2D eigenvalue weighted by molar-refractivity contribution is 6.38. The molecule has 38 heavy (non-hydrogen) atoms. The maximum absolute atomic E-state index is 13.2. The van der Waals surface area contributed by atoms with E-state index in [9.17, 15) is 24.0 Å². The lowest BCUT2D eigenvalue weighted by molar-refractivity contribution is -0.147. The van der Waals surface area contributed by atoms with Gasteiger partial charge in [-0.05, 0) is 51.0 Å². The Morgan fingerprint density at radius 3 is 2.24 bits per heavy atom. The van der Waals surface area contributed by atoms with Crippen molar-refractivity contribution < 1.29 is 28.7 Å². The van der Waals surface area contributed by atoms with E-state index in [1.165, 1.54) is 4.90 Å². The van der Waals surface area contributed by atoms with E-state index >= 15 is 0 Å². The Morgan fingerprint density at radius 1 is 1.03 bits per heavy atom. The zero-order chi connectivity index (χ0) is 28.2. The predicted octanol–water partition coefficient (Wildman–Crippen LogP) is 2.70. The molecule has 1 aromatic carbocycles. The van der Waals surface area contributed by atoms with Crippen LogP contribution in [0.15, 0.2) is 30.3 Å².